The molecule has 1 saturated carbocycles. The zero-order valence-corrected chi connectivity index (χ0v) is 17.2. The summed E-state index contributed by atoms with van der Waals surface area (Å²) < 4.78 is 7.33. The Kier molecular flexibility index (Phi) is 7.07. The van der Waals surface area contributed by atoms with E-state index in [9.17, 15) is 4.79 Å². The molecule has 1 unspecified atom stereocenters. The lowest BCUT2D eigenvalue weighted by Gasteiger charge is -2.38. The van der Waals surface area contributed by atoms with Crippen molar-refractivity contribution in [3.8, 4) is 0 Å². The number of amides is 1. The van der Waals surface area contributed by atoms with Crippen LogP contribution in [-0.2, 0) is 0 Å². The van der Waals surface area contributed by atoms with Crippen LogP contribution < -0.4 is 0 Å². The van der Waals surface area contributed by atoms with Crippen LogP contribution in [0.15, 0.2) is 22.8 Å². The van der Waals surface area contributed by atoms with Gasteiger partial charge in [-0.3, -0.25) is 9.69 Å². The van der Waals surface area contributed by atoms with Crippen LogP contribution in [-0.4, -0.2) is 62.1 Å². The Morgan fingerprint density at radius 3 is 2.61 bits per heavy atom. The summed E-state index contributed by atoms with van der Waals surface area (Å²) >= 11 is 0. The molecule has 9 heteroatoms. The van der Waals surface area contributed by atoms with Crippen molar-refractivity contribution in [2.45, 2.75) is 57.5 Å². The highest BCUT2D eigenvalue weighted by Crippen LogP contribution is 2.31. The van der Waals surface area contributed by atoms with Crippen LogP contribution in [0.1, 0.15) is 73.9 Å². The van der Waals surface area contributed by atoms with Gasteiger partial charge in [0.05, 0.1) is 18.3 Å². The Morgan fingerprint density at radius 1 is 1.21 bits per heavy atom. The Morgan fingerprint density at radius 2 is 1.96 bits per heavy atom. The third-order valence-electron chi connectivity index (χ3n) is 5.90. The summed E-state index contributed by atoms with van der Waals surface area (Å²) in [5.41, 5.74) is 0. The normalized spacial score (nSPS) is 20.0. The highest BCUT2D eigenvalue weighted by atomic mass is 35.5. The number of rotatable bonds is 5. The molecule has 0 bridgehead atoms. The highest BCUT2D eigenvalue weighted by Gasteiger charge is 2.31. The van der Waals surface area contributed by atoms with Gasteiger partial charge in [0.2, 0.25) is 0 Å². The van der Waals surface area contributed by atoms with Crippen molar-refractivity contribution in [1.29, 1.82) is 0 Å². The van der Waals surface area contributed by atoms with Crippen LogP contribution in [0.25, 0.3) is 0 Å². The third kappa shape index (κ3) is 4.22. The summed E-state index contributed by atoms with van der Waals surface area (Å²) in [7, 11) is 0. The number of furan rings is 1. The van der Waals surface area contributed by atoms with Gasteiger partial charge >= 0.3 is 0 Å². The summed E-state index contributed by atoms with van der Waals surface area (Å²) in [6, 6.07) is 4.10. The van der Waals surface area contributed by atoms with E-state index in [-0.39, 0.29) is 24.4 Å². The molecule has 0 N–H and O–H groups in total. The van der Waals surface area contributed by atoms with Gasteiger partial charge in [-0.1, -0.05) is 26.2 Å². The van der Waals surface area contributed by atoms with Gasteiger partial charge in [-0.05, 0) is 41.8 Å². The van der Waals surface area contributed by atoms with Gasteiger partial charge in [-0.25, -0.2) is 4.68 Å². The number of nitrogens with zero attached hydrogens (tertiary/aromatic N) is 6. The van der Waals surface area contributed by atoms with E-state index in [2.05, 4.69) is 32.0 Å². The number of tetrazole rings is 1. The van der Waals surface area contributed by atoms with Crippen LogP contribution >= 0.6 is 12.4 Å². The lowest BCUT2D eigenvalue weighted by molar-refractivity contribution is 0.0517. The molecule has 1 aliphatic carbocycles. The minimum Gasteiger partial charge on any atom is -0.459 e. The van der Waals surface area contributed by atoms with Gasteiger partial charge in [-0.15, -0.1) is 17.5 Å². The standard InChI is InChI=1S/C19H28N6O2.ClH/c1-2-16(18-20-21-22-25(18)15-7-4-3-5-8-15)23-10-12-24(13-11-23)19(26)17-9-6-14-27-17;/h6,9,14-16H,2-5,7-8,10-13H2,1H3;1H. The molecule has 2 aromatic rings. The molecule has 4 rings (SSSR count). The molecule has 8 nitrogen and oxygen atoms in total. The molecule has 154 valence electrons. The Labute approximate surface area is 171 Å². The van der Waals surface area contributed by atoms with Crippen molar-refractivity contribution < 1.29 is 9.21 Å². The van der Waals surface area contributed by atoms with Gasteiger partial charge in [0, 0.05) is 26.2 Å². The number of carbonyl (C=O) groups is 1. The number of hydrogen-bond donors (Lipinski definition) is 0. The van der Waals surface area contributed by atoms with Crippen molar-refractivity contribution in [2.75, 3.05) is 26.2 Å². The highest BCUT2D eigenvalue weighted by molar-refractivity contribution is 5.91. The molecular formula is C19H29ClN6O2. The summed E-state index contributed by atoms with van der Waals surface area (Å²) in [6.45, 7) is 5.22. The lowest BCUT2D eigenvalue weighted by atomic mass is 9.95. The van der Waals surface area contributed by atoms with Gasteiger partial charge in [-0.2, -0.15) is 0 Å². The molecule has 1 atom stereocenters. The molecule has 2 fully saturated rings. The lowest BCUT2D eigenvalue weighted by Crippen LogP contribution is -2.50. The monoisotopic (exact) mass is 408 g/mol. The SMILES string of the molecule is CCC(c1nnnn1C1CCCCC1)N1CCN(C(=O)c2ccco2)CC1.Cl. The first-order valence-corrected chi connectivity index (χ1v) is 10.1. The topological polar surface area (TPSA) is 80.3 Å². The van der Waals surface area contributed by atoms with Crippen molar-refractivity contribution in [3.05, 3.63) is 30.0 Å². The van der Waals surface area contributed by atoms with Crippen LogP contribution in [0.2, 0.25) is 0 Å². The van der Waals surface area contributed by atoms with E-state index in [1.165, 1.54) is 32.1 Å². The van der Waals surface area contributed by atoms with Crippen LogP contribution in [0, 0.1) is 0 Å². The second kappa shape index (κ2) is 9.52. The first kappa shape index (κ1) is 20.8. The molecule has 3 heterocycles. The Bertz CT molecular complexity index is 735. The minimum absolute atomic E-state index is 0. The predicted octanol–water partition coefficient (Wildman–Crippen LogP) is 3.10. The fraction of sp³-hybridized carbons (Fsp3) is 0.684. The van der Waals surface area contributed by atoms with E-state index in [4.69, 9.17) is 4.42 Å². The summed E-state index contributed by atoms with van der Waals surface area (Å²) in [5.74, 6) is 1.37. The largest absolute Gasteiger partial charge is 0.459 e. The van der Waals surface area contributed by atoms with Crippen LogP contribution in [0.5, 0.6) is 0 Å². The van der Waals surface area contributed by atoms with Crippen molar-refractivity contribution >= 4 is 18.3 Å². The molecule has 1 saturated heterocycles. The van der Waals surface area contributed by atoms with Crippen molar-refractivity contribution in [2.24, 2.45) is 0 Å². The van der Waals surface area contributed by atoms with Gasteiger partial charge < -0.3 is 9.32 Å². The zero-order chi connectivity index (χ0) is 18.6. The van der Waals surface area contributed by atoms with Gasteiger partial charge in [0.25, 0.3) is 5.91 Å². The van der Waals surface area contributed by atoms with E-state index in [1.54, 1.807) is 18.4 Å². The van der Waals surface area contributed by atoms with E-state index in [0.29, 0.717) is 24.9 Å². The Balaban J connectivity index is 0.00000225. The van der Waals surface area contributed by atoms with E-state index >= 15 is 0 Å². The molecule has 0 aromatic carbocycles. The zero-order valence-electron chi connectivity index (χ0n) is 16.4. The smallest absolute Gasteiger partial charge is 0.289 e. The number of halogens is 1. The number of piperazine rings is 1. The van der Waals surface area contributed by atoms with E-state index in [0.717, 1.165) is 25.3 Å². The number of carbonyl (C=O) groups excluding carboxylic acids is 1. The van der Waals surface area contributed by atoms with Gasteiger partial charge in [0.15, 0.2) is 11.6 Å². The van der Waals surface area contributed by atoms with Gasteiger partial charge in [0.1, 0.15) is 0 Å². The van der Waals surface area contributed by atoms with Crippen LogP contribution in [0.4, 0.5) is 0 Å². The molecule has 1 aliphatic heterocycles. The second-order valence-corrected chi connectivity index (χ2v) is 7.50. The number of hydrogen-bond acceptors (Lipinski definition) is 6. The molecule has 0 radical (unpaired) electrons. The third-order valence-corrected chi connectivity index (χ3v) is 5.90. The summed E-state index contributed by atoms with van der Waals surface area (Å²) in [4.78, 5) is 16.8. The first-order chi connectivity index (χ1) is 13.3. The quantitative estimate of drug-likeness (QED) is 0.756. The molecule has 2 aromatic heterocycles. The van der Waals surface area contributed by atoms with Crippen molar-refractivity contribution in [1.82, 2.24) is 30.0 Å². The maximum Gasteiger partial charge on any atom is 0.289 e. The summed E-state index contributed by atoms with van der Waals surface area (Å²) in [6.07, 6.45) is 8.67. The average molecular weight is 409 g/mol. The second-order valence-electron chi connectivity index (χ2n) is 7.50. The maximum absolute atomic E-state index is 12.5. The fourth-order valence-electron chi connectivity index (χ4n) is 4.40. The fourth-order valence-corrected chi connectivity index (χ4v) is 4.40. The summed E-state index contributed by atoms with van der Waals surface area (Å²) in [5, 5.41) is 12.7. The predicted molar refractivity (Wildman–Crippen MR) is 106 cm³/mol. The van der Waals surface area contributed by atoms with E-state index < -0.39 is 0 Å². The average Bonchev–Trinajstić information content (AvgIpc) is 3.42. The molecule has 0 spiro atoms. The maximum atomic E-state index is 12.5. The minimum atomic E-state index is -0.0280. The number of aromatic nitrogens is 4. The van der Waals surface area contributed by atoms with Crippen molar-refractivity contribution in [3.63, 3.8) is 0 Å². The molecular weight excluding hydrogens is 380 g/mol. The Hall–Kier alpha value is -1.93. The molecule has 28 heavy (non-hydrogen) atoms. The molecule has 1 amide bonds. The molecule has 2 aliphatic rings. The van der Waals surface area contributed by atoms with Crippen LogP contribution in [0.3, 0.4) is 0 Å². The first-order valence-electron chi connectivity index (χ1n) is 10.1. The van der Waals surface area contributed by atoms with E-state index in [1.807, 2.05) is 4.90 Å².